The van der Waals surface area contributed by atoms with Crippen LogP contribution in [0.5, 0.6) is 5.75 Å². The number of likely N-dealkylation sites (tertiary alicyclic amines) is 1. The van der Waals surface area contributed by atoms with E-state index in [4.69, 9.17) is 4.74 Å². The summed E-state index contributed by atoms with van der Waals surface area (Å²) in [7, 11) is -1.52. The average Bonchev–Trinajstić information content (AvgIpc) is 3.73. The number of amides is 1. The Morgan fingerprint density at radius 3 is 2.22 bits per heavy atom. The van der Waals surface area contributed by atoms with Gasteiger partial charge in [0.25, 0.3) is 5.91 Å². The minimum atomic E-state index is -1.52. The van der Waals surface area contributed by atoms with Crippen molar-refractivity contribution in [3.8, 4) is 5.75 Å². The molecule has 1 aliphatic heterocycles. The summed E-state index contributed by atoms with van der Waals surface area (Å²) in [5.41, 5.74) is 3.22. The van der Waals surface area contributed by atoms with E-state index in [-0.39, 0.29) is 28.7 Å². The number of hydrogen-bond donors (Lipinski definition) is 1. The van der Waals surface area contributed by atoms with Crippen LogP contribution in [-0.4, -0.2) is 40.5 Å². The molecule has 5 rings (SSSR count). The molecule has 0 radical (unpaired) electrons. The SMILES string of the molecule is CCS(=O)NC(=O)c1cc(C2CC2)c(OCC2(C)CN(C(c3ccccc3)c3ccccc3)C2)cc1F. The molecule has 194 valence electrons. The summed E-state index contributed by atoms with van der Waals surface area (Å²) in [6, 6.07) is 24.1. The molecule has 3 aromatic rings. The Hall–Kier alpha value is -3.03. The Labute approximate surface area is 220 Å². The number of rotatable bonds is 10. The third-order valence-corrected chi connectivity index (χ3v) is 8.11. The van der Waals surface area contributed by atoms with Crippen LogP contribution in [0, 0.1) is 11.2 Å². The minimum Gasteiger partial charge on any atom is -0.493 e. The second-order valence-electron chi connectivity index (χ2n) is 10.4. The van der Waals surface area contributed by atoms with Crippen molar-refractivity contribution in [2.75, 3.05) is 25.4 Å². The van der Waals surface area contributed by atoms with E-state index in [1.807, 2.05) is 12.1 Å². The number of ether oxygens (including phenoxy) is 1. The van der Waals surface area contributed by atoms with Gasteiger partial charge in [-0.25, -0.2) is 8.60 Å². The standard InChI is InChI=1S/C30H33FN2O3S/c1-3-37(35)32-29(34)25-16-24(21-14-15-21)27(17-26(25)31)36-20-30(2)18-33(19-30)28(22-10-6-4-7-11-22)23-12-8-5-9-13-23/h4-13,16-17,21,28H,3,14-15,18-20H2,1-2H3,(H,32,34). The maximum Gasteiger partial charge on any atom is 0.265 e. The van der Waals surface area contributed by atoms with Crippen molar-refractivity contribution in [3.05, 3.63) is 101 Å². The van der Waals surface area contributed by atoms with Gasteiger partial charge < -0.3 is 4.74 Å². The summed E-state index contributed by atoms with van der Waals surface area (Å²) in [5.74, 6) is -0.255. The van der Waals surface area contributed by atoms with E-state index in [2.05, 4.69) is 65.1 Å². The lowest BCUT2D eigenvalue weighted by atomic mass is 9.79. The fraction of sp³-hybridized carbons (Fsp3) is 0.367. The lowest BCUT2D eigenvalue weighted by Gasteiger charge is -2.51. The lowest BCUT2D eigenvalue weighted by molar-refractivity contribution is -0.0379. The number of halogens is 1. The van der Waals surface area contributed by atoms with Gasteiger partial charge in [-0.3, -0.25) is 14.4 Å². The first-order valence-electron chi connectivity index (χ1n) is 12.9. The first-order valence-corrected chi connectivity index (χ1v) is 14.2. The fourth-order valence-corrected chi connectivity index (χ4v) is 5.62. The number of benzene rings is 3. The zero-order valence-corrected chi connectivity index (χ0v) is 22.1. The molecule has 1 aliphatic carbocycles. The van der Waals surface area contributed by atoms with E-state index >= 15 is 0 Å². The highest BCUT2D eigenvalue weighted by molar-refractivity contribution is 7.83. The summed E-state index contributed by atoms with van der Waals surface area (Å²) in [6.07, 6.45) is 1.98. The van der Waals surface area contributed by atoms with Crippen LogP contribution in [0.2, 0.25) is 0 Å². The van der Waals surface area contributed by atoms with Crippen LogP contribution >= 0.6 is 0 Å². The van der Waals surface area contributed by atoms with Gasteiger partial charge in [0.1, 0.15) is 22.6 Å². The van der Waals surface area contributed by atoms with E-state index < -0.39 is 22.7 Å². The van der Waals surface area contributed by atoms with E-state index in [0.29, 0.717) is 12.4 Å². The maximum absolute atomic E-state index is 14.9. The molecule has 0 spiro atoms. The molecule has 3 aromatic carbocycles. The maximum atomic E-state index is 14.9. The predicted molar refractivity (Wildman–Crippen MR) is 144 cm³/mol. The van der Waals surface area contributed by atoms with Gasteiger partial charge in [-0.05, 0) is 41.5 Å². The summed E-state index contributed by atoms with van der Waals surface area (Å²) >= 11 is 0. The van der Waals surface area contributed by atoms with E-state index in [9.17, 15) is 13.4 Å². The van der Waals surface area contributed by atoms with Crippen molar-refractivity contribution in [2.45, 2.75) is 38.6 Å². The van der Waals surface area contributed by atoms with Crippen LogP contribution in [0.4, 0.5) is 4.39 Å². The van der Waals surface area contributed by atoms with Crippen LogP contribution < -0.4 is 9.46 Å². The molecule has 1 N–H and O–H groups in total. The molecule has 0 bridgehead atoms. The smallest absolute Gasteiger partial charge is 0.265 e. The van der Waals surface area contributed by atoms with Gasteiger partial charge >= 0.3 is 0 Å². The number of carbonyl (C=O) groups is 1. The summed E-state index contributed by atoms with van der Waals surface area (Å²) in [4.78, 5) is 14.9. The van der Waals surface area contributed by atoms with E-state index in [1.54, 1.807) is 13.0 Å². The highest BCUT2D eigenvalue weighted by Gasteiger charge is 2.43. The lowest BCUT2D eigenvalue weighted by Crippen LogP contribution is -2.58. The zero-order valence-electron chi connectivity index (χ0n) is 21.3. The van der Waals surface area contributed by atoms with Crippen molar-refractivity contribution in [3.63, 3.8) is 0 Å². The topological polar surface area (TPSA) is 58.6 Å². The second kappa shape index (κ2) is 10.8. The Morgan fingerprint density at radius 2 is 1.68 bits per heavy atom. The Morgan fingerprint density at radius 1 is 1.08 bits per heavy atom. The van der Waals surface area contributed by atoms with Gasteiger partial charge in [-0.1, -0.05) is 74.5 Å². The molecule has 2 fully saturated rings. The summed E-state index contributed by atoms with van der Waals surface area (Å²) in [6.45, 7) is 6.07. The van der Waals surface area contributed by atoms with Gasteiger partial charge in [0, 0.05) is 30.3 Å². The summed E-state index contributed by atoms with van der Waals surface area (Å²) < 4.78 is 35.3. The number of hydrogen-bond acceptors (Lipinski definition) is 4. The highest BCUT2D eigenvalue weighted by atomic mass is 32.2. The number of nitrogens with zero attached hydrogens (tertiary/aromatic N) is 1. The zero-order chi connectivity index (χ0) is 26.0. The van der Waals surface area contributed by atoms with Gasteiger partial charge in [0.05, 0.1) is 18.2 Å². The van der Waals surface area contributed by atoms with Crippen LogP contribution in [-0.2, 0) is 11.0 Å². The molecule has 1 saturated carbocycles. The number of carbonyl (C=O) groups excluding carboxylic acids is 1. The largest absolute Gasteiger partial charge is 0.493 e. The first kappa shape index (κ1) is 25.6. The first-order chi connectivity index (χ1) is 17.9. The van der Waals surface area contributed by atoms with Gasteiger partial charge in [-0.15, -0.1) is 0 Å². The van der Waals surface area contributed by atoms with Crippen LogP contribution in [0.1, 0.15) is 65.7 Å². The predicted octanol–water partition coefficient (Wildman–Crippen LogP) is 5.61. The quantitative estimate of drug-likeness (QED) is 0.378. The average molecular weight is 521 g/mol. The summed E-state index contributed by atoms with van der Waals surface area (Å²) in [5, 5.41) is 0. The molecule has 37 heavy (non-hydrogen) atoms. The molecule has 0 aromatic heterocycles. The molecule has 1 amide bonds. The molecule has 1 heterocycles. The van der Waals surface area contributed by atoms with Gasteiger partial charge in [0.15, 0.2) is 0 Å². The molecule has 5 nitrogen and oxygen atoms in total. The highest BCUT2D eigenvalue weighted by Crippen LogP contribution is 2.46. The second-order valence-corrected chi connectivity index (χ2v) is 11.9. The minimum absolute atomic E-state index is 0.0762. The third kappa shape index (κ3) is 5.78. The monoisotopic (exact) mass is 520 g/mol. The molecule has 2 aliphatic rings. The van der Waals surface area contributed by atoms with Crippen LogP contribution in [0.25, 0.3) is 0 Å². The van der Waals surface area contributed by atoms with Crippen molar-refractivity contribution in [1.29, 1.82) is 0 Å². The van der Waals surface area contributed by atoms with Gasteiger partial charge in [0.2, 0.25) is 0 Å². The molecule has 1 atom stereocenters. The van der Waals surface area contributed by atoms with Crippen LogP contribution in [0.3, 0.4) is 0 Å². The van der Waals surface area contributed by atoms with Crippen molar-refractivity contribution in [1.82, 2.24) is 9.62 Å². The van der Waals surface area contributed by atoms with Gasteiger partial charge in [-0.2, -0.15) is 0 Å². The normalized spacial score (nSPS) is 17.7. The molecule has 1 unspecified atom stereocenters. The number of nitrogens with one attached hydrogen (secondary N) is 1. The fourth-order valence-electron chi connectivity index (χ4n) is 5.16. The van der Waals surface area contributed by atoms with Crippen molar-refractivity contribution < 1.29 is 18.1 Å². The third-order valence-electron chi connectivity index (χ3n) is 7.17. The van der Waals surface area contributed by atoms with E-state index in [1.165, 1.54) is 17.2 Å². The Kier molecular flexibility index (Phi) is 7.45. The van der Waals surface area contributed by atoms with Crippen LogP contribution in [0.15, 0.2) is 72.8 Å². The molecule has 1 saturated heterocycles. The van der Waals surface area contributed by atoms with Crippen molar-refractivity contribution in [2.24, 2.45) is 5.41 Å². The Balaban J connectivity index is 1.29. The molecular weight excluding hydrogens is 487 g/mol. The Bertz CT molecular complexity index is 1240. The molecular formula is C30H33FN2O3S. The van der Waals surface area contributed by atoms with E-state index in [0.717, 1.165) is 31.5 Å². The molecule has 7 heteroatoms. The van der Waals surface area contributed by atoms with Crippen molar-refractivity contribution >= 4 is 16.9 Å².